The van der Waals surface area contributed by atoms with Crippen molar-refractivity contribution in [2.45, 2.75) is 6.92 Å². The second-order valence-electron chi connectivity index (χ2n) is 5.72. The third kappa shape index (κ3) is 4.33. The van der Waals surface area contributed by atoms with E-state index in [2.05, 4.69) is 20.8 Å². The molecule has 0 spiro atoms. The van der Waals surface area contributed by atoms with Gasteiger partial charge in [-0.3, -0.25) is 9.89 Å². The summed E-state index contributed by atoms with van der Waals surface area (Å²) in [4.78, 5) is 12.0. The molecule has 0 aliphatic rings. The van der Waals surface area contributed by atoms with Gasteiger partial charge in [-0.15, -0.1) is 0 Å². The number of H-pyrrole nitrogens is 1. The van der Waals surface area contributed by atoms with Gasteiger partial charge in [0.05, 0.1) is 11.2 Å². The summed E-state index contributed by atoms with van der Waals surface area (Å²) in [7, 11) is 0. The number of nitrogens with zero attached hydrogens (tertiary/aromatic N) is 1. The number of likely N-dealkylation sites (N-methyl/N-ethyl adjacent to an activating group) is 1. The molecule has 0 saturated carbocycles. The Balaban J connectivity index is 1.63. The lowest BCUT2D eigenvalue weighted by Crippen LogP contribution is -2.31. The van der Waals surface area contributed by atoms with Crippen molar-refractivity contribution in [1.29, 1.82) is 0 Å². The highest BCUT2D eigenvalue weighted by molar-refractivity contribution is 5.94. The largest absolute Gasteiger partial charge is 0.351 e. The van der Waals surface area contributed by atoms with Crippen LogP contribution in [0.25, 0.3) is 23.1 Å². The molecule has 1 heterocycles. The van der Waals surface area contributed by atoms with Gasteiger partial charge >= 0.3 is 0 Å². The highest BCUT2D eigenvalue weighted by Crippen LogP contribution is 2.17. The third-order valence-electron chi connectivity index (χ3n) is 3.94. The van der Waals surface area contributed by atoms with Gasteiger partial charge in [-0.05, 0) is 36.4 Å². The summed E-state index contributed by atoms with van der Waals surface area (Å²) in [6.07, 6.45) is 3.97. The molecule has 128 valence electrons. The molecule has 0 fully saturated rings. The van der Waals surface area contributed by atoms with Gasteiger partial charge in [-0.1, -0.05) is 43.3 Å². The Labute approximate surface area is 147 Å². The van der Waals surface area contributed by atoms with Crippen LogP contribution in [0.5, 0.6) is 0 Å². The first-order chi connectivity index (χ1) is 12.3. The molecule has 3 aromatic rings. The van der Waals surface area contributed by atoms with Crippen molar-refractivity contribution in [3.8, 4) is 0 Å². The summed E-state index contributed by atoms with van der Waals surface area (Å²) in [6.45, 7) is 4.35. The number of amides is 1. The molecular weight excluding hydrogens is 312 g/mol. The number of hydrogen-bond donors (Lipinski definition) is 3. The van der Waals surface area contributed by atoms with Crippen molar-refractivity contribution in [3.05, 3.63) is 65.4 Å². The topological polar surface area (TPSA) is 69.8 Å². The Hall–Kier alpha value is -2.92. The molecule has 0 unspecified atom stereocenters. The van der Waals surface area contributed by atoms with E-state index in [1.54, 1.807) is 0 Å². The number of carbonyl (C=O) groups excluding carboxylic acids is 1. The fraction of sp³-hybridized carbons (Fsp3) is 0.200. The zero-order valence-corrected chi connectivity index (χ0v) is 14.3. The fourth-order valence-electron chi connectivity index (χ4n) is 2.58. The number of aromatic nitrogens is 2. The molecule has 0 radical (unpaired) electrons. The lowest BCUT2D eigenvalue weighted by molar-refractivity contribution is 0.0954. The second kappa shape index (κ2) is 8.26. The summed E-state index contributed by atoms with van der Waals surface area (Å²) in [6, 6.07) is 15.6. The maximum absolute atomic E-state index is 12.0. The van der Waals surface area contributed by atoms with Crippen molar-refractivity contribution >= 4 is 29.0 Å². The van der Waals surface area contributed by atoms with Crippen LogP contribution in [0, 0.1) is 0 Å². The average molecular weight is 334 g/mol. The molecule has 0 saturated heterocycles. The SMILES string of the molecule is CCNCCNC(=O)c1ccc(/C=C/c2n[nH]c3ccccc23)cc1. The van der Waals surface area contributed by atoms with E-state index in [-0.39, 0.29) is 5.91 Å². The van der Waals surface area contributed by atoms with Crippen LogP contribution in [-0.2, 0) is 0 Å². The minimum Gasteiger partial charge on any atom is -0.351 e. The Kier molecular flexibility index (Phi) is 5.59. The molecular formula is C20H22N4O. The lowest BCUT2D eigenvalue weighted by Gasteiger charge is -2.05. The van der Waals surface area contributed by atoms with Crippen molar-refractivity contribution < 1.29 is 4.79 Å². The first kappa shape index (κ1) is 16.9. The maximum Gasteiger partial charge on any atom is 0.251 e. The molecule has 0 aliphatic carbocycles. The van der Waals surface area contributed by atoms with Gasteiger partial charge in [0.2, 0.25) is 0 Å². The van der Waals surface area contributed by atoms with Gasteiger partial charge in [-0.25, -0.2) is 0 Å². The van der Waals surface area contributed by atoms with Crippen molar-refractivity contribution in [1.82, 2.24) is 20.8 Å². The minimum atomic E-state index is -0.0493. The quantitative estimate of drug-likeness (QED) is 0.582. The van der Waals surface area contributed by atoms with E-state index in [9.17, 15) is 4.79 Å². The van der Waals surface area contributed by atoms with E-state index in [0.717, 1.165) is 35.2 Å². The summed E-state index contributed by atoms with van der Waals surface area (Å²) in [5, 5.41) is 14.5. The molecule has 2 aromatic carbocycles. The standard InChI is InChI=1S/C20H22N4O/c1-2-21-13-14-22-20(25)16-10-7-15(8-11-16)9-12-19-17-5-3-4-6-18(17)23-24-19/h3-12,21H,2,13-14H2,1H3,(H,22,25)(H,23,24)/b12-9+. The fourth-order valence-corrected chi connectivity index (χ4v) is 2.58. The first-order valence-electron chi connectivity index (χ1n) is 8.48. The van der Waals surface area contributed by atoms with Gasteiger partial charge in [0.15, 0.2) is 0 Å². The van der Waals surface area contributed by atoms with Gasteiger partial charge in [-0.2, -0.15) is 5.10 Å². The van der Waals surface area contributed by atoms with Crippen LogP contribution in [0.4, 0.5) is 0 Å². The summed E-state index contributed by atoms with van der Waals surface area (Å²) < 4.78 is 0. The number of fused-ring (bicyclic) bond motifs is 1. The van der Waals surface area contributed by atoms with E-state index < -0.39 is 0 Å². The molecule has 0 atom stereocenters. The van der Waals surface area contributed by atoms with Crippen molar-refractivity contribution in [2.75, 3.05) is 19.6 Å². The van der Waals surface area contributed by atoms with Crippen molar-refractivity contribution in [2.24, 2.45) is 0 Å². The highest BCUT2D eigenvalue weighted by Gasteiger charge is 2.04. The number of hydrogen-bond acceptors (Lipinski definition) is 3. The lowest BCUT2D eigenvalue weighted by atomic mass is 10.1. The molecule has 1 aromatic heterocycles. The summed E-state index contributed by atoms with van der Waals surface area (Å²) in [5.74, 6) is -0.0493. The Morgan fingerprint density at radius 2 is 1.88 bits per heavy atom. The minimum absolute atomic E-state index is 0.0493. The van der Waals surface area contributed by atoms with Crippen molar-refractivity contribution in [3.63, 3.8) is 0 Å². The molecule has 0 aliphatic heterocycles. The summed E-state index contributed by atoms with van der Waals surface area (Å²) >= 11 is 0. The van der Waals surface area contributed by atoms with Crippen LogP contribution in [0.3, 0.4) is 0 Å². The predicted octanol–water partition coefficient (Wildman–Crippen LogP) is 3.07. The Morgan fingerprint density at radius 1 is 1.08 bits per heavy atom. The van der Waals surface area contributed by atoms with Gasteiger partial charge in [0.1, 0.15) is 0 Å². The average Bonchev–Trinajstić information content (AvgIpc) is 3.07. The third-order valence-corrected chi connectivity index (χ3v) is 3.94. The maximum atomic E-state index is 12.0. The molecule has 5 heteroatoms. The van der Waals surface area contributed by atoms with Crippen LogP contribution < -0.4 is 10.6 Å². The number of carbonyl (C=O) groups is 1. The van der Waals surface area contributed by atoms with E-state index in [1.807, 2.05) is 67.6 Å². The molecule has 1 amide bonds. The normalized spacial score (nSPS) is 11.2. The number of aromatic amines is 1. The summed E-state index contributed by atoms with van der Waals surface area (Å²) in [5.41, 5.74) is 3.61. The number of benzene rings is 2. The zero-order chi connectivity index (χ0) is 17.5. The van der Waals surface area contributed by atoms with E-state index in [0.29, 0.717) is 12.1 Å². The Bertz CT molecular complexity index is 865. The Morgan fingerprint density at radius 3 is 2.68 bits per heavy atom. The van der Waals surface area contributed by atoms with Gasteiger partial charge in [0, 0.05) is 24.0 Å². The second-order valence-corrected chi connectivity index (χ2v) is 5.72. The number of nitrogens with one attached hydrogen (secondary N) is 3. The molecule has 3 rings (SSSR count). The van der Waals surface area contributed by atoms with E-state index in [1.165, 1.54) is 0 Å². The number of para-hydroxylation sites is 1. The molecule has 25 heavy (non-hydrogen) atoms. The van der Waals surface area contributed by atoms with Crippen LogP contribution in [0.1, 0.15) is 28.5 Å². The van der Waals surface area contributed by atoms with Gasteiger partial charge in [0.25, 0.3) is 5.91 Å². The molecule has 3 N–H and O–H groups in total. The van der Waals surface area contributed by atoms with Crippen LogP contribution >= 0.6 is 0 Å². The van der Waals surface area contributed by atoms with E-state index >= 15 is 0 Å². The van der Waals surface area contributed by atoms with Crippen LogP contribution in [0.15, 0.2) is 48.5 Å². The predicted molar refractivity (Wildman–Crippen MR) is 102 cm³/mol. The first-order valence-corrected chi connectivity index (χ1v) is 8.48. The molecule has 0 bridgehead atoms. The number of rotatable bonds is 7. The van der Waals surface area contributed by atoms with Gasteiger partial charge < -0.3 is 10.6 Å². The zero-order valence-electron chi connectivity index (χ0n) is 14.3. The van der Waals surface area contributed by atoms with E-state index in [4.69, 9.17) is 0 Å². The monoisotopic (exact) mass is 334 g/mol. The van der Waals surface area contributed by atoms with Crippen LogP contribution in [-0.4, -0.2) is 35.7 Å². The smallest absolute Gasteiger partial charge is 0.251 e. The molecule has 5 nitrogen and oxygen atoms in total. The highest BCUT2D eigenvalue weighted by atomic mass is 16.1. The van der Waals surface area contributed by atoms with Crippen LogP contribution in [0.2, 0.25) is 0 Å².